The van der Waals surface area contributed by atoms with Crippen LogP contribution in [0.1, 0.15) is 107 Å². The van der Waals surface area contributed by atoms with E-state index in [0.717, 1.165) is 20.8 Å². The molecule has 5 rings (SSSR count). The van der Waals surface area contributed by atoms with Crippen molar-refractivity contribution in [3.05, 3.63) is 108 Å². The van der Waals surface area contributed by atoms with Crippen LogP contribution >= 0.6 is 0 Å². The number of amides is 13. The third-order valence-electron chi connectivity index (χ3n) is 17.7. The summed E-state index contributed by atoms with van der Waals surface area (Å²) in [7, 11) is 0. The number of ether oxygens (including phenoxy) is 1. The molecule has 1 saturated heterocycles. The average molecular weight is 1610 g/mol. The number of carbonyl (C=O) groups is 20. The lowest BCUT2D eigenvalue weighted by molar-refractivity contribution is -0.156. The molecule has 1 fully saturated rings. The number of anilines is 1. The molecule has 2 heterocycles. The number of Topliss-reactive ketones (excluding diaryl/α,β-unsaturated/α-hetero) is 2. The van der Waals surface area contributed by atoms with E-state index in [9.17, 15) is 121 Å². The number of ketones is 2. The number of aromatic amines is 1. The Bertz CT molecular complexity index is 4360. The van der Waals surface area contributed by atoms with E-state index in [4.69, 9.17) is 21.9 Å². The first kappa shape index (κ1) is 92.1. The zero-order valence-electron chi connectivity index (χ0n) is 62.6. The summed E-state index contributed by atoms with van der Waals surface area (Å²) in [5.74, 6) is -31.2. The highest BCUT2D eigenvalue weighted by Gasteiger charge is 2.41. The average Bonchev–Trinajstić information content (AvgIpc) is 1.54. The van der Waals surface area contributed by atoms with E-state index in [0.29, 0.717) is 27.6 Å². The minimum absolute atomic E-state index is 0.0373. The Kier molecular flexibility index (Phi) is 35.6. The van der Waals surface area contributed by atoms with Gasteiger partial charge >= 0.3 is 29.8 Å². The molecule has 42 nitrogen and oxygen atoms in total. The lowest BCUT2D eigenvalue weighted by atomic mass is 9.95. The van der Waals surface area contributed by atoms with Crippen LogP contribution in [0.4, 0.5) is 5.69 Å². The maximum Gasteiger partial charge on any atom is 0.329 e. The monoisotopic (exact) mass is 1610 g/mol. The third kappa shape index (κ3) is 29.6. The molecule has 0 bridgehead atoms. The van der Waals surface area contributed by atoms with Gasteiger partial charge in [0.1, 0.15) is 66.5 Å². The van der Waals surface area contributed by atoms with Gasteiger partial charge < -0.3 is 116 Å². The molecule has 3 aromatic carbocycles. The third-order valence-corrected chi connectivity index (χ3v) is 17.7. The first-order valence-corrected chi connectivity index (χ1v) is 35.7. The summed E-state index contributed by atoms with van der Waals surface area (Å²) in [5.41, 5.74) is 19.1. The standard InChI is InChI=1S/C73H92N16O26/c1-34(38-13-6-5-7-14-38)21-55(94)81-46(24-40-30-77-45-19-11-9-16-42(40)45)67(108)85-47(26-54(76)93)68(109)86-50(29-60(102)103)69(110)89-62-37(4)115-73(114)51(25-53(92)43-17-8-10-18-44(43)75)87-72(113)61(35(2)22-57(96)97)88-70(111)52(33-90)82-56(95)32-79-65(106)48(27-58(98)99)83-63(104)36(3)80-66(107)49(28-59(100)101)84-64(105)39(15-12-20-74)23-41(91)31-78-71(62)112/h5-11,13-14,16-19,21,30,35-37,39,46-52,61-62,77,90H,12,15,20,22-29,31-33,74-75H2,1-4H3,(H2,76,93)(H,78,112)(H,79,106)(H,80,107)(H,81,94)(H,82,95)(H,83,104)(H,84,105)(H,85,108)(H,86,109)(H,87,113)(H,88,111)(H,89,110)(H,96,97)(H,98,99)(H,100,101)(H,102,103)/b34-21+. The van der Waals surface area contributed by atoms with Crippen molar-refractivity contribution in [2.75, 3.05) is 32.0 Å². The Morgan fingerprint density at radius 3 is 1.78 bits per heavy atom. The molecule has 1 aromatic heterocycles. The van der Waals surface area contributed by atoms with Gasteiger partial charge in [-0.15, -0.1) is 0 Å². The number of rotatable bonds is 29. The molecule has 1 aliphatic heterocycles. The second-order valence-corrected chi connectivity index (χ2v) is 26.8. The molecule has 115 heavy (non-hydrogen) atoms. The molecule has 13 unspecified atom stereocenters. The normalized spacial score (nSPS) is 21.4. The Morgan fingerprint density at radius 2 is 1.17 bits per heavy atom. The number of benzene rings is 3. The predicted octanol–water partition coefficient (Wildman–Crippen LogP) is -5.57. The second kappa shape index (κ2) is 44.5. The first-order valence-electron chi connectivity index (χ1n) is 35.7. The molecule has 620 valence electrons. The number of hydrogen-bond acceptors (Lipinski definition) is 24. The Labute approximate surface area is 654 Å². The number of carboxylic acids is 4. The number of cyclic esters (lactones) is 1. The van der Waals surface area contributed by atoms with Crippen molar-refractivity contribution in [1.82, 2.24) is 68.8 Å². The van der Waals surface area contributed by atoms with E-state index in [-0.39, 0.29) is 37.1 Å². The highest BCUT2D eigenvalue weighted by atomic mass is 16.5. The number of fused-ring (bicyclic) bond motifs is 1. The smallest absolute Gasteiger partial charge is 0.329 e. The van der Waals surface area contributed by atoms with Crippen LogP contribution in [-0.2, 0) is 102 Å². The van der Waals surface area contributed by atoms with Crippen molar-refractivity contribution in [3.8, 4) is 0 Å². The molecule has 13 atom stereocenters. The van der Waals surface area contributed by atoms with Gasteiger partial charge in [0.2, 0.25) is 76.8 Å². The number of H-pyrrole nitrogens is 1. The number of aliphatic hydroxyl groups is 1. The Balaban J connectivity index is 1.61. The van der Waals surface area contributed by atoms with Crippen LogP contribution < -0.4 is 81.0 Å². The number of carbonyl (C=O) groups excluding carboxylic acids is 16. The molecule has 13 amide bonds. The molecule has 0 saturated carbocycles. The Morgan fingerprint density at radius 1 is 0.591 bits per heavy atom. The van der Waals surface area contributed by atoms with Crippen LogP contribution in [0.5, 0.6) is 0 Å². The van der Waals surface area contributed by atoms with Gasteiger partial charge in [-0.3, -0.25) is 91.1 Å². The molecule has 0 spiro atoms. The van der Waals surface area contributed by atoms with Crippen LogP contribution in [0.3, 0.4) is 0 Å². The van der Waals surface area contributed by atoms with E-state index in [2.05, 4.69) is 52.8 Å². The molecule has 42 heteroatoms. The topological polar surface area (TPSA) is 690 Å². The minimum Gasteiger partial charge on any atom is -0.481 e. The van der Waals surface area contributed by atoms with Gasteiger partial charge in [0.05, 0.1) is 51.8 Å². The van der Waals surface area contributed by atoms with E-state index >= 15 is 0 Å². The summed E-state index contributed by atoms with van der Waals surface area (Å²) >= 11 is 0. The summed E-state index contributed by atoms with van der Waals surface area (Å²) < 4.78 is 5.69. The van der Waals surface area contributed by atoms with Crippen molar-refractivity contribution in [2.24, 2.45) is 23.3 Å². The zero-order chi connectivity index (χ0) is 85.5. The van der Waals surface area contributed by atoms with Crippen molar-refractivity contribution < 1.29 is 126 Å². The van der Waals surface area contributed by atoms with Gasteiger partial charge in [0, 0.05) is 59.6 Å². The number of aliphatic carboxylic acids is 4. The van der Waals surface area contributed by atoms with Crippen molar-refractivity contribution >= 4 is 140 Å². The maximum absolute atomic E-state index is 14.9. The van der Waals surface area contributed by atoms with E-state index in [1.807, 2.05) is 16.0 Å². The van der Waals surface area contributed by atoms with Crippen LogP contribution in [0.2, 0.25) is 0 Å². The fourth-order valence-electron chi connectivity index (χ4n) is 11.7. The number of hydrogen-bond donors (Lipinski definition) is 21. The first-order chi connectivity index (χ1) is 54.3. The molecular weight excluding hydrogens is 1520 g/mol. The summed E-state index contributed by atoms with van der Waals surface area (Å²) in [6, 6.07) is -0.327. The van der Waals surface area contributed by atoms with Crippen molar-refractivity contribution in [3.63, 3.8) is 0 Å². The highest BCUT2D eigenvalue weighted by Crippen LogP contribution is 2.22. The fourth-order valence-corrected chi connectivity index (χ4v) is 11.7. The highest BCUT2D eigenvalue weighted by molar-refractivity contribution is 6.06. The number of nitrogen functional groups attached to an aromatic ring is 1. The van der Waals surface area contributed by atoms with E-state index in [1.54, 1.807) is 67.7 Å². The number of aromatic nitrogens is 1. The number of esters is 1. The quantitative estimate of drug-likeness (QED) is 0.0104. The second-order valence-electron chi connectivity index (χ2n) is 26.8. The van der Waals surface area contributed by atoms with Gasteiger partial charge in [-0.1, -0.05) is 67.6 Å². The van der Waals surface area contributed by atoms with Gasteiger partial charge in [-0.25, -0.2) is 4.79 Å². The van der Waals surface area contributed by atoms with Gasteiger partial charge in [0.15, 0.2) is 11.6 Å². The van der Waals surface area contributed by atoms with Crippen LogP contribution in [0.25, 0.3) is 16.5 Å². The molecule has 0 radical (unpaired) electrons. The summed E-state index contributed by atoms with van der Waals surface area (Å²) in [6.45, 7) is 0.815. The molecule has 24 N–H and O–H groups in total. The summed E-state index contributed by atoms with van der Waals surface area (Å²) in [5, 5.41) is 76.4. The number of nitrogens with two attached hydrogens (primary N) is 3. The number of aliphatic hydroxyl groups excluding tert-OH is 1. The maximum atomic E-state index is 14.9. The van der Waals surface area contributed by atoms with Gasteiger partial charge in [-0.2, -0.15) is 0 Å². The van der Waals surface area contributed by atoms with Crippen LogP contribution in [0, 0.1) is 11.8 Å². The van der Waals surface area contributed by atoms with Crippen molar-refractivity contribution in [2.45, 2.75) is 158 Å². The van der Waals surface area contributed by atoms with Crippen molar-refractivity contribution in [1.29, 1.82) is 0 Å². The number of nitrogens with one attached hydrogen (secondary N) is 13. The molecule has 4 aromatic rings. The number of primary amides is 1. The molecular formula is C73H92N16O26. The number of allylic oxidation sites excluding steroid dienone is 1. The van der Waals surface area contributed by atoms with Gasteiger partial charge in [0.25, 0.3) is 0 Å². The predicted molar refractivity (Wildman–Crippen MR) is 399 cm³/mol. The number of carboxylic acid groups (broad SMARTS) is 4. The minimum atomic E-state index is -2.44. The zero-order valence-corrected chi connectivity index (χ0v) is 62.6. The van der Waals surface area contributed by atoms with Crippen LogP contribution in [0.15, 0.2) is 91.1 Å². The number of para-hydroxylation sites is 2. The SMILES string of the molecule is C/C(=C\C(=O)NC(Cc1c[nH]c2ccccc12)C(=O)NC(CC(N)=O)C(=O)NC(CC(=O)O)C(=O)NC1C(=O)NCC(=O)CC(CCCN)C(=O)NC(CC(=O)O)C(=O)NC(C)C(=O)NC(CC(=O)O)C(=O)NCC(=O)NC(CO)C(=O)NC(C(C)CC(=O)O)C(=O)NC(CC(=O)c2ccccc2N)C(=O)OC1C)c1ccccc1. The molecule has 1 aliphatic rings. The van der Waals surface area contributed by atoms with E-state index in [1.165, 1.54) is 30.3 Å². The van der Waals surface area contributed by atoms with Gasteiger partial charge in [-0.05, 0) is 81.0 Å². The lowest BCUT2D eigenvalue weighted by Crippen LogP contribution is -2.61. The van der Waals surface area contributed by atoms with Crippen LogP contribution in [-0.4, -0.2) is 241 Å². The molecule has 0 aliphatic carbocycles. The summed E-state index contributed by atoms with van der Waals surface area (Å²) in [4.78, 5) is 277. The summed E-state index contributed by atoms with van der Waals surface area (Å²) in [6.07, 6.45) is -7.92. The Hall–Kier alpha value is -13.5. The lowest BCUT2D eigenvalue weighted by Gasteiger charge is -2.30. The largest absolute Gasteiger partial charge is 0.481 e. The fraction of sp³-hybridized carbons (Fsp3) is 0.425. The van der Waals surface area contributed by atoms with E-state index < -0.39 is 261 Å².